The molecular formula is C20H20N4O3. The van der Waals surface area contributed by atoms with Gasteiger partial charge in [0.1, 0.15) is 0 Å². The lowest BCUT2D eigenvalue weighted by Gasteiger charge is -2.12. The molecule has 7 nitrogen and oxygen atoms in total. The second-order valence-electron chi connectivity index (χ2n) is 5.97. The van der Waals surface area contributed by atoms with E-state index in [0.717, 1.165) is 11.3 Å². The summed E-state index contributed by atoms with van der Waals surface area (Å²) in [6, 6.07) is 14.4. The van der Waals surface area contributed by atoms with Crippen molar-refractivity contribution in [1.29, 1.82) is 0 Å². The Kier molecular flexibility index (Phi) is 5.61. The number of methoxy groups -OCH3 is 1. The Morgan fingerprint density at radius 1 is 1.19 bits per heavy atom. The summed E-state index contributed by atoms with van der Waals surface area (Å²) in [5.41, 5.74) is 1.96. The second kappa shape index (κ2) is 8.27. The van der Waals surface area contributed by atoms with Gasteiger partial charge in [0, 0.05) is 24.9 Å². The van der Waals surface area contributed by atoms with Gasteiger partial charge in [-0.25, -0.2) is 4.68 Å². The van der Waals surface area contributed by atoms with Gasteiger partial charge in [0.15, 0.2) is 5.69 Å². The number of nitrogens with zero attached hydrogens (tertiary/aromatic N) is 3. The van der Waals surface area contributed by atoms with Crippen molar-refractivity contribution in [2.75, 3.05) is 13.7 Å². The van der Waals surface area contributed by atoms with E-state index in [4.69, 9.17) is 4.74 Å². The molecule has 0 aliphatic rings. The summed E-state index contributed by atoms with van der Waals surface area (Å²) in [5, 5.41) is 6.94. The van der Waals surface area contributed by atoms with E-state index in [0.29, 0.717) is 18.7 Å². The Morgan fingerprint density at radius 2 is 1.96 bits per heavy atom. The number of ether oxygens (including phenoxy) is 1. The topological polar surface area (TPSA) is 86.1 Å². The van der Waals surface area contributed by atoms with Gasteiger partial charge in [0.2, 0.25) is 11.3 Å². The lowest BCUT2D eigenvalue weighted by atomic mass is 10.2. The molecule has 0 spiro atoms. The Morgan fingerprint density at radius 3 is 2.63 bits per heavy atom. The summed E-state index contributed by atoms with van der Waals surface area (Å²) in [5.74, 6) is -0.270. The average Bonchev–Trinajstić information content (AvgIpc) is 2.69. The van der Waals surface area contributed by atoms with Crippen molar-refractivity contribution >= 4 is 5.91 Å². The molecule has 0 saturated carbocycles. The molecule has 3 aromatic rings. The quantitative estimate of drug-likeness (QED) is 0.722. The third kappa shape index (κ3) is 4.38. The number of nitrogens with one attached hydrogen (secondary N) is 1. The van der Waals surface area contributed by atoms with Crippen LogP contribution in [0, 0.1) is 6.92 Å². The van der Waals surface area contributed by atoms with E-state index in [1.165, 1.54) is 17.9 Å². The van der Waals surface area contributed by atoms with Gasteiger partial charge in [-0.3, -0.25) is 14.6 Å². The first-order valence-corrected chi connectivity index (χ1v) is 8.52. The molecule has 0 radical (unpaired) electrons. The summed E-state index contributed by atoms with van der Waals surface area (Å²) in [6.07, 6.45) is 2.26. The predicted molar refractivity (Wildman–Crippen MR) is 101 cm³/mol. The molecule has 1 aromatic carbocycles. The van der Waals surface area contributed by atoms with Crippen molar-refractivity contribution in [3.05, 3.63) is 81.9 Å². The molecule has 0 bridgehead atoms. The van der Waals surface area contributed by atoms with E-state index in [9.17, 15) is 9.59 Å². The molecule has 2 heterocycles. The summed E-state index contributed by atoms with van der Waals surface area (Å²) in [4.78, 5) is 28.9. The van der Waals surface area contributed by atoms with Crippen LogP contribution in [0.25, 0.3) is 5.69 Å². The number of carbonyl (C=O) groups excluding carboxylic acids is 1. The molecule has 0 aliphatic carbocycles. The monoisotopic (exact) mass is 364 g/mol. The SMILES string of the molecule is COc1cc(=O)c(C(=O)NCCc2ccccn2)nn1-c1ccc(C)cc1. The van der Waals surface area contributed by atoms with Gasteiger partial charge >= 0.3 is 0 Å². The first-order chi connectivity index (χ1) is 13.1. The predicted octanol–water partition coefficient (Wildman–Crippen LogP) is 1.92. The summed E-state index contributed by atoms with van der Waals surface area (Å²) >= 11 is 0. The van der Waals surface area contributed by atoms with Crippen molar-refractivity contribution in [2.24, 2.45) is 0 Å². The summed E-state index contributed by atoms with van der Waals surface area (Å²) in [6.45, 7) is 2.33. The molecule has 1 N–H and O–H groups in total. The van der Waals surface area contributed by atoms with Crippen molar-refractivity contribution < 1.29 is 9.53 Å². The normalized spacial score (nSPS) is 10.4. The van der Waals surface area contributed by atoms with Crippen LogP contribution in [0.15, 0.2) is 59.5 Å². The maximum absolute atomic E-state index is 12.4. The van der Waals surface area contributed by atoms with Gasteiger partial charge in [0.25, 0.3) is 5.91 Å². The highest BCUT2D eigenvalue weighted by Crippen LogP contribution is 2.15. The highest BCUT2D eigenvalue weighted by molar-refractivity contribution is 5.92. The number of rotatable bonds is 6. The number of amides is 1. The van der Waals surface area contributed by atoms with Crippen LogP contribution in [0.1, 0.15) is 21.7 Å². The fourth-order valence-electron chi connectivity index (χ4n) is 2.55. The maximum Gasteiger partial charge on any atom is 0.275 e. The molecule has 27 heavy (non-hydrogen) atoms. The molecular weight excluding hydrogens is 344 g/mol. The molecule has 138 valence electrons. The molecule has 0 aliphatic heterocycles. The van der Waals surface area contributed by atoms with Crippen LogP contribution in [0.3, 0.4) is 0 Å². The number of aromatic nitrogens is 3. The fraction of sp³-hybridized carbons (Fsp3) is 0.200. The van der Waals surface area contributed by atoms with Gasteiger partial charge < -0.3 is 10.1 Å². The molecule has 0 unspecified atom stereocenters. The van der Waals surface area contributed by atoms with Crippen LogP contribution in [0.4, 0.5) is 0 Å². The minimum Gasteiger partial charge on any atom is -0.481 e. The smallest absolute Gasteiger partial charge is 0.275 e. The van der Waals surface area contributed by atoms with Crippen LogP contribution in [-0.4, -0.2) is 34.3 Å². The fourth-order valence-corrected chi connectivity index (χ4v) is 2.55. The zero-order chi connectivity index (χ0) is 19.2. The molecule has 0 atom stereocenters. The maximum atomic E-state index is 12.4. The highest BCUT2D eigenvalue weighted by atomic mass is 16.5. The lowest BCUT2D eigenvalue weighted by Crippen LogP contribution is -2.33. The first-order valence-electron chi connectivity index (χ1n) is 8.52. The molecule has 3 rings (SSSR count). The van der Waals surface area contributed by atoms with Gasteiger partial charge in [-0.2, -0.15) is 5.10 Å². The molecule has 2 aromatic heterocycles. The van der Waals surface area contributed by atoms with Crippen LogP contribution in [-0.2, 0) is 6.42 Å². The first kappa shape index (κ1) is 18.3. The van der Waals surface area contributed by atoms with E-state index in [1.807, 2.05) is 49.4 Å². The van der Waals surface area contributed by atoms with Gasteiger partial charge in [-0.1, -0.05) is 23.8 Å². The van der Waals surface area contributed by atoms with E-state index in [-0.39, 0.29) is 11.6 Å². The van der Waals surface area contributed by atoms with E-state index >= 15 is 0 Å². The second-order valence-corrected chi connectivity index (χ2v) is 5.97. The van der Waals surface area contributed by atoms with E-state index in [2.05, 4.69) is 15.4 Å². The molecule has 7 heteroatoms. The van der Waals surface area contributed by atoms with Crippen molar-refractivity contribution in [1.82, 2.24) is 20.1 Å². The highest BCUT2D eigenvalue weighted by Gasteiger charge is 2.17. The number of hydrogen-bond donors (Lipinski definition) is 1. The standard InChI is InChI=1S/C20H20N4O3/c1-14-6-8-16(9-7-14)24-18(27-2)13-17(25)19(23-24)20(26)22-12-10-15-5-3-4-11-21-15/h3-9,11,13H,10,12H2,1-2H3,(H,22,26). The summed E-state index contributed by atoms with van der Waals surface area (Å²) < 4.78 is 6.68. The Bertz CT molecular complexity index is 982. The zero-order valence-electron chi connectivity index (χ0n) is 15.2. The van der Waals surface area contributed by atoms with Gasteiger partial charge in [-0.15, -0.1) is 0 Å². The zero-order valence-corrected chi connectivity index (χ0v) is 15.2. The third-order valence-electron chi connectivity index (χ3n) is 3.99. The molecule has 1 amide bonds. The van der Waals surface area contributed by atoms with Crippen LogP contribution >= 0.6 is 0 Å². The Labute approximate surface area is 156 Å². The average molecular weight is 364 g/mol. The number of aryl methyl sites for hydroxylation is 1. The van der Waals surface area contributed by atoms with Crippen molar-refractivity contribution in [3.8, 4) is 11.6 Å². The van der Waals surface area contributed by atoms with E-state index in [1.54, 1.807) is 6.20 Å². The third-order valence-corrected chi connectivity index (χ3v) is 3.99. The van der Waals surface area contributed by atoms with Crippen LogP contribution < -0.4 is 15.5 Å². The minimum atomic E-state index is -0.528. The van der Waals surface area contributed by atoms with Crippen molar-refractivity contribution in [2.45, 2.75) is 13.3 Å². The Hall–Kier alpha value is -3.48. The number of pyridine rings is 1. The van der Waals surface area contributed by atoms with Gasteiger partial charge in [0.05, 0.1) is 18.9 Å². The summed E-state index contributed by atoms with van der Waals surface area (Å²) in [7, 11) is 1.45. The van der Waals surface area contributed by atoms with Crippen LogP contribution in [0.2, 0.25) is 0 Å². The largest absolute Gasteiger partial charge is 0.481 e. The number of carbonyl (C=O) groups is 1. The lowest BCUT2D eigenvalue weighted by molar-refractivity contribution is 0.0946. The Balaban J connectivity index is 1.82. The number of benzene rings is 1. The van der Waals surface area contributed by atoms with Gasteiger partial charge in [-0.05, 0) is 31.2 Å². The van der Waals surface area contributed by atoms with Crippen LogP contribution in [0.5, 0.6) is 5.88 Å². The van der Waals surface area contributed by atoms with Crippen molar-refractivity contribution in [3.63, 3.8) is 0 Å². The molecule has 0 fully saturated rings. The molecule has 0 saturated heterocycles. The minimum absolute atomic E-state index is 0.183. The number of hydrogen-bond acceptors (Lipinski definition) is 5. The van der Waals surface area contributed by atoms with E-state index < -0.39 is 11.3 Å².